The number of carbonyl (C=O) groups is 1. The number of aromatic nitrogens is 1. The van der Waals surface area contributed by atoms with Crippen molar-refractivity contribution in [3.8, 4) is 0 Å². The van der Waals surface area contributed by atoms with Gasteiger partial charge in [0.2, 0.25) is 0 Å². The van der Waals surface area contributed by atoms with Crippen molar-refractivity contribution in [2.75, 3.05) is 6.61 Å². The molecule has 0 amide bonds. The van der Waals surface area contributed by atoms with Crippen LogP contribution >= 0.6 is 11.3 Å². The summed E-state index contributed by atoms with van der Waals surface area (Å²) in [7, 11) is 0. The average molecular weight is 305 g/mol. The SMILES string of the molecule is CC1CC1COC(=O)c1cnc(Cc2ccc(F)cc2)s1. The van der Waals surface area contributed by atoms with Crippen LogP contribution < -0.4 is 0 Å². The number of carbonyl (C=O) groups excluding carboxylic acids is 1. The first-order chi connectivity index (χ1) is 10.1. The van der Waals surface area contributed by atoms with Crippen LogP contribution in [0.4, 0.5) is 4.39 Å². The average Bonchev–Trinajstić information content (AvgIpc) is 2.98. The van der Waals surface area contributed by atoms with Gasteiger partial charge in [-0.1, -0.05) is 19.1 Å². The molecule has 1 heterocycles. The van der Waals surface area contributed by atoms with Gasteiger partial charge in [-0.3, -0.25) is 0 Å². The second-order valence-corrected chi connectivity index (χ2v) is 6.61. The third-order valence-corrected chi connectivity index (χ3v) is 4.71. The minimum absolute atomic E-state index is 0.253. The van der Waals surface area contributed by atoms with Crippen LogP contribution in [0.25, 0.3) is 0 Å². The maximum atomic E-state index is 12.8. The molecule has 0 radical (unpaired) electrons. The molecule has 0 N–H and O–H groups in total. The van der Waals surface area contributed by atoms with Crippen LogP contribution in [0, 0.1) is 17.7 Å². The maximum Gasteiger partial charge on any atom is 0.349 e. The van der Waals surface area contributed by atoms with Crippen molar-refractivity contribution in [2.24, 2.45) is 11.8 Å². The Labute approximate surface area is 126 Å². The lowest BCUT2D eigenvalue weighted by Crippen LogP contribution is -2.06. The van der Waals surface area contributed by atoms with E-state index in [-0.39, 0.29) is 11.8 Å². The van der Waals surface area contributed by atoms with E-state index < -0.39 is 0 Å². The number of hydrogen-bond acceptors (Lipinski definition) is 4. The third kappa shape index (κ3) is 3.67. The van der Waals surface area contributed by atoms with Gasteiger partial charge in [0.05, 0.1) is 17.8 Å². The maximum absolute atomic E-state index is 12.8. The van der Waals surface area contributed by atoms with E-state index in [0.717, 1.165) is 17.0 Å². The summed E-state index contributed by atoms with van der Waals surface area (Å²) in [5, 5.41) is 0.827. The molecule has 2 aromatic rings. The normalized spacial score (nSPS) is 20.3. The van der Waals surface area contributed by atoms with Crippen LogP contribution in [0.15, 0.2) is 30.5 Å². The molecule has 1 fully saturated rings. The van der Waals surface area contributed by atoms with Crippen LogP contribution in [0.2, 0.25) is 0 Å². The molecule has 1 saturated carbocycles. The summed E-state index contributed by atoms with van der Waals surface area (Å²) in [5.74, 6) is 0.655. The summed E-state index contributed by atoms with van der Waals surface area (Å²) in [5.41, 5.74) is 0.970. The molecule has 0 bridgehead atoms. The monoisotopic (exact) mass is 305 g/mol. The molecular weight excluding hydrogens is 289 g/mol. The first-order valence-electron chi connectivity index (χ1n) is 6.98. The van der Waals surface area contributed by atoms with Crippen molar-refractivity contribution in [3.05, 3.63) is 51.7 Å². The molecule has 2 atom stereocenters. The van der Waals surface area contributed by atoms with E-state index in [1.807, 2.05) is 0 Å². The van der Waals surface area contributed by atoms with E-state index in [4.69, 9.17) is 4.74 Å². The fourth-order valence-corrected chi connectivity index (χ4v) is 2.99. The van der Waals surface area contributed by atoms with Crippen LogP contribution in [0.5, 0.6) is 0 Å². The van der Waals surface area contributed by atoms with E-state index in [0.29, 0.717) is 29.7 Å². The molecule has 1 aromatic carbocycles. The van der Waals surface area contributed by atoms with Gasteiger partial charge < -0.3 is 4.74 Å². The lowest BCUT2D eigenvalue weighted by atomic mass is 10.2. The Balaban J connectivity index is 1.57. The van der Waals surface area contributed by atoms with Crippen molar-refractivity contribution in [1.82, 2.24) is 4.98 Å². The Bertz CT molecular complexity index is 638. The number of halogens is 1. The van der Waals surface area contributed by atoms with Gasteiger partial charge in [-0.15, -0.1) is 11.3 Å². The second-order valence-electron chi connectivity index (χ2n) is 5.49. The van der Waals surface area contributed by atoms with E-state index >= 15 is 0 Å². The van der Waals surface area contributed by atoms with Crippen LogP contribution in [0.1, 0.15) is 33.6 Å². The highest BCUT2D eigenvalue weighted by molar-refractivity contribution is 7.13. The van der Waals surface area contributed by atoms with Gasteiger partial charge in [0.25, 0.3) is 0 Å². The first kappa shape index (κ1) is 14.2. The molecule has 1 aromatic heterocycles. The Hall–Kier alpha value is -1.75. The predicted molar refractivity (Wildman–Crippen MR) is 78.9 cm³/mol. The van der Waals surface area contributed by atoms with Gasteiger partial charge in [0, 0.05) is 6.42 Å². The number of hydrogen-bond donors (Lipinski definition) is 0. The summed E-state index contributed by atoms with van der Waals surface area (Å²) < 4.78 is 18.1. The van der Waals surface area contributed by atoms with Gasteiger partial charge in [0.1, 0.15) is 10.7 Å². The molecule has 21 heavy (non-hydrogen) atoms. The summed E-state index contributed by atoms with van der Waals surface area (Å²) in [6, 6.07) is 6.30. The lowest BCUT2D eigenvalue weighted by Gasteiger charge is -2.00. The van der Waals surface area contributed by atoms with Crippen LogP contribution in [-0.2, 0) is 11.2 Å². The van der Waals surface area contributed by atoms with Crippen molar-refractivity contribution >= 4 is 17.3 Å². The van der Waals surface area contributed by atoms with Gasteiger partial charge in [-0.05, 0) is 36.0 Å². The predicted octanol–water partition coefficient (Wildman–Crippen LogP) is 3.69. The standard InChI is InChI=1S/C16H16FNO2S/c1-10-6-12(10)9-20-16(19)14-8-18-15(21-14)7-11-2-4-13(17)5-3-11/h2-5,8,10,12H,6-7,9H2,1H3. The summed E-state index contributed by atoms with van der Waals surface area (Å²) in [6.07, 6.45) is 3.30. The number of benzene rings is 1. The molecule has 0 aliphatic heterocycles. The molecule has 110 valence electrons. The van der Waals surface area contributed by atoms with Crippen molar-refractivity contribution in [2.45, 2.75) is 19.8 Å². The van der Waals surface area contributed by atoms with Crippen LogP contribution in [-0.4, -0.2) is 17.6 Å². The second kappa shape index (κ2) is 5.93. The lowest BCUT2D eigenvalue weighted by molar-refractivity contribution is 0.0487. The Morgan fingerprint density at radius 1 is 1.43 bits per heavy atom. The molecule has 1 aliphatic carbocycles. The highest BCUT2D eigenvalue weighted by Crippen LogP contribution is 2.37. The van der Waals surface area contributed by atoms with E-state index in [2.05, 4.69) is 11.9 Å². The molecular formula is C16H16FNO2S. The summed E-state index contributed by atoms with van der Waals surface area (Å²) in [6.45, 7) is 2.66. The molecule has 5 heteroatoms. The minimum atomic E-state index is -0.294. The minimum Gasteiger partial charge on any atom is -0.461 e. The van der Waals surface area contributed by atoms with Gasteiger partial charge in [0.15, 0.2) is 0 Å². The topological polar surface area (TPSA) is 39.2 Å². The molecule has 0 spiro atoms. The van der Waals surface area contributed by atoms with Crippen molar-refractivity contribution in [3.63, 3.8) is 0 Å². The molecule has 3 nitrogen and oxygen atoms in total. The smallest absolute Gasteiger partial charge is 0.349 e. The fraction of sp³-hybridized carbons (Fsp3) is 0.375. The number of esters is 1. The Morgan fingerprint density at radius 3 is 2.81 bits per heavy atom. The molecule has 0 saturated heterocycles. The van der Waals surface area contributed by atoms with Gasteiger partial charge >= 0.3 is 5.97 Å². The summed E-state index contributed by atoms with van der Waals surface area (Å²) in [4.78, 5) is 16.7. The van der Waals surface area contributed by atoms with Crippen molar-refractivity contribution in [1.29, 1.82) is 0 Å². The van der Waals surface area contributed by atoms with Gasteiger partial charge in [-0.25, -0.2) is 14.2 Å². The third-order valence-electron chi connectivity index (χ3n) is 3.73. The van der Waals surface area contributed by atoms with Crippen LogP contribution in [0.3, 0.4) is 0 Å². The number of thiazole rings is 1. The zero-order chi connectivity index (χ0) is 14.8. The number of nitrogens with zero attached hydrogens (tertiary/aromatic N) is 1. The van der Waals surface area contributed by atoms with Gasteiger partial charge in [-0.2, -0.15) is 0 Å². The fourth-order valence-electron chi connectivity index (χ4n) is 2.15. The zero-order valence-electron chi connectivity index (χ0n) is 11.7. The molecule has 3 rings (SSSR count). The largest absolute Gasteiger partial charge is 0.461 e. The summed E-state index contributed by atoms with van der Waals surface area (Å²) >= 11 is 1.33. The van der Waals surface area contributed by atoms with E-state index in [1.54, 1.807) is 18.3 Å². The zero-order valence-corrected chi connectivity index (χ0v) is 12.5. The Morgan fingerprint density at radius 2 is 2.14 bits per heavy atom. The Kier molecular flexibility index (Phi) is 4.01. The quantitative estimate of drug-likeness (QED) is 0.791. The molecule has 1 aliphatic rings. The van der Waals surface area contributed by atoms with Crippen molar-refractivity contribution < 1.29 is 13.9 Å². The number of rotatable bonds is 5. The highest BCUT2D eigenvalue weighted by Gasteiger charge is 2.33. The first-order valence-corrected chi connectivity index (χ1v) is 7.80. The number of ether oxygens (including phenoxy) is 1. The highest BCUT2D eigenvalue weighted by atomic mass is 32.1. The molecule has 2 unspecified atom stereocenters. The van der Waals surface area contributed by atoms with E-state index in [1.165, 1.54) is 23.5 Å². The van der Waals surface area contributed by atoms with E-state index in [9.17, 15) is 9.18 Å².